The molecule has 0 heteroatoms. The number of hydrogen-bond acceptors (Lipinski definition) is 0. The monoisotopic (exact) mass is 374 g/mol. The minimum atomic E-state index is 1.01. The molecular formula is C29H26. The molecule has 0 N–H and O–H groups in total. The molecule has 4 aromatic carbocycles. The highest BCUT2D eigenvalue weighted by atomic mass is 14.1. The van der Waals surface area contributed by atoms with Gasteiger partial charge < -0.3 is 0 Å². The Balaban J connectivity index is 1.62. The van der Waals surface area contributed by atoms with Gasteiger partial charge in [0.2, 0.25) is 0 Å². The summed E-state index contributed by atoms with van der Waals surface area (Å²) in [5.41, 5.74) is 7.57. The van der Waals surface area contributed by atoms with Gasteiger partial charge in [0.1, 0.15) is 0 Å². The molecule has 0 bridgehead atoms. The third-order valence-electron chi connectivity index (χ3n) is 5.28. The fourth-order valence-corrected chi connectivity index (χ4v) is 3.68. The molecule has 0 unspecified atom stereocenters. The van der Waals surface area contributed by atoms with Crippen LogP contribution in [0.15, 0.2) is 103 Å². The molecule has 0 saturated carbocycles. The van der Waals surface area contributed by atoms with Gasteiger partial charge in [0, 0.05) is 0 Å². The van der Waals surface area contributed by atoms with Gasteiger partial charge in [-0.3, -0.25) is 0 Å². The molecule has 0 fully saturated rings. The van der Waals surface area contributed by atoms with E-state index in [2.05, 4.69) is 123 Å². The van der Waals surface area contributed by atoms with E-state index in [9.17, 15) is 0 Å². The minimum Gasteiger partial charge on any atom is -0.0769 e. The van der Waals surface area contributed by atoms with Gasteiger partial charge in [0.15, 0.2) is 0 Å². The molecule has 0 atom stereocenters. The molecule has 0 radical (unpaired) electrons. The first-order valence-corrected chi connectivity index (χ1v) is 10.3. The molecule has 4 aromatic rings. The van der Waals surface area contributed by atoms with E-state index in [1.54, 1.807) is 0 Å². The SMILES string of the molecule is CC/C=C(/C=C/c1ccc(-c2ccc(C)cc2)cc1)c1cccc2ccccc12. The second kappa shape index (κ2) is 8.75. The zero-order valence-corrected chi connectivity index (χ0v) is 17.1. The summed E-state index contributed by atoms with van der Waals surface area (Å²) in [6, 6.07) is 32.6. The second-order valence-corrected chi connectivity index (χ2v) is 7.42. The van der Waals surface area contributed by atoms with Crippen LogP contribution in [0.25, 0.3) is 33.5 Å². The van der Waals surface area contributed by atoms with Crippen molar-refractivity contribution in [3.8, 4) is 11.1 Å². The average molecular weight is 375 g/mol. The van der Waals surface area contributed by atoms with Crippen LogP contribution in [0.5, 0.6) is 0 Å². The smallest absolute Gasteiger partial charge is 0.0106 e. The van der Waals surface area contributed by atoms with Gasteiger partial charge in [0.05, 0.1) is 0 Å². The lowest BCUT2D eigenvalue weighted by Crippen LogP contribution is -1.85. The van der Waals surface area contributed by atoms with Gasteiger partial charge in [0.25, 0.3) is 0 Å². The lowest BCUT2D eigenvalue weighted by molar-refractivity contribution is 1.23. The van der Waals surface area contributed by atoms with Crippen LogP contribution < -0.4 is 0 Å². The Bertz CT molecular complexity index is 1150. The van der Waals surface area contributed by atoms with E-state index in [-0.39, 0.29) is 0 Å². The van der Waals surface area contributed by atoms with Gasteiger partial charge in [-0.25, -0.2) is 0 Å². The van der Waals surface area contributed by atoms with Crippen molar-refractivity contribution in [1.29, 1.82) is 0 Å². The number of allylic oxidation sites excluding steroid dienone is 3. The number of hydrogen-bond donors (Lipinski definition) is 0. The molecule has 4 rings (SSSR count). The molecule has 0 amide bonds. The van der Waals surface area contributed by atoms with Crippen molar-refractivity contribution < 1.29 is 0 Å². The van der Waals surface area contributed by atoms with Gasteiger partial charge in [-0.2, -0.15) is 0 Å². The first-order chi connectivity index (χ1) is 14.2. The van der Waals surface area contributed by atoms with Gasteiger partial charge in [-0.1, -0.05) is 122 Å². The summed E-state index contributed by atoms with van der Waals surface area (Å²) < 4.78 is 0. The average Bonchev–Trinajstić information content (AvgIpc) is 2.77. The first kappa shape index (κ1) is 19.0. The van der Waals surface area contributed by atoms with E-state index < -0.39 is 0 Å². The molecular weight excluding hydrogens is 348 g/mol. The summed E-state index contributed by atoms with van der Waals surface area (Å²) in [6.07, 6.45) is 7.77. The third kappa shape index (κ3) is 4.38. The maximum atomic E-state index is 2.30. The highest BCUT2D eigenvalue weighted by Crippen LogP contribution is 2.27. The summed E-state index contributed by atoms with van der Waals surface area (Å²) >= 11 is 0. The lowest BCUT2D eigenvalue weighted by atomic mass is 9.96. The van der Waals surface area contributed by atoms with Crippen LogP contribution in [-0.2, 0) is 0 Å². The van der Waals surface area contributed by atoms with E-state index in [0.29, 0.717) is 0 Å². The predicted octanol–water partition coefficient (Wildman–Crippen LogP) is 8.32. The zero-order chi connectivity index (χ0) is 20.1. The Kier molecular flexibility index (Phi) is 5.72. The fourth-order valence-electron chi connectivity index (χ4n) is 3.68. The fraction of sp³-hybridized carbons (Fsp3) is 0.103. The van der Waals surface area contributed by atoms with Crippen molar-refractivity contribution in [2.45, 2.75) is 20.3 Å². The zero-order valence-electron chi connectivity index (χ0n) is 17.1. The number of fused-ring (bicyclic) bond motifs is 1. The number of aryl methyl sites for hydroxylation is 1. The molecule has 0 heterocycles. The normalized spacial score (nSPS) is 12.0. The molecule has 0 aliphatic carbocycles. The highest BCUT2D eigenvalue weighted by Gasteiger charge is 2.04. The molecule has 0 spiro atoms. The van der Waals surface area contributed by atoms with Crippen molar-refractivity contribution in [1.82, 2.24) is 0 Å². The van der Waals surface area contributed by atoms with Crippen LogP contribution in [0, 0.1) is 6.92 Å². The summed E-state index contributed by atoms with van der Waals surface area (Å²) in [5.74, 6) is 0. The quantitative estimate of drug-likeness (QED) is 0.308. The van der Waals surface area contributed by atoms with Crippen molar-refractivity contribution in [3.63, 3.8) is 0 Å². The predicted molar refractivity (Wildman–Crippen MR) is 128 cm³/mol. The van der Waals surface area contributed by atoms with Crippen LogP contribution in [0.2, 0.25) is 0 Å². The molecule has 0 aliphatic heterocycles. The van der Waals surface area contributed by atoms with Gasteiger partial charge in [-0.05, 0) is 51.9 Å². The van der Waals surface area contributed by atoms with Gasteiger partial charge in [-0.15, -0.1) is 0 Å². The van der Waals surface area contributed by atoms with Crippen LogP contribution in [0.3, 0.4) is 0 Å². The van der Waals surface area contributed by atoms with E-state index >= 15 is 0 Å². The third-order valence-corrected chi connectivity index (χ3v) is 5.28. The summed E-state index contributed by atoms with van der Waals surface area (Å²) in [4.78, 5) is 0. The topological polar surface area (TPSA) is 0 Å². The van der Waals surface area contributed by atoms with Crippen LogP contribution in [-0.4, -0.2) is 0 Å². The number of rotatable bonds is 5. The maximum absolute atomic E-state index is 2.30. The minimum absolute atomic E-state index is 1.01. The molecule has 0 nitrogen and oxygen atoms in total. The van der Waals surface area contributed by atoms with Gasteiger partial charge >= 0.3 is 0 Å². The van der Waals surface area contributed by atoms with Crippen LogP contribution >= 0.6 is 0 Å². The molecule has 0 saturated heterocycles. The van der Waals surface area contributed by atoms with Crippen molar-refractivity contribution in [2.24, 2.45) is 0 Å². The van der Waals surface area contributed by atoms with E-state index in [0.717, 1.165) is 6.42 Å². The Labute approximate surface area is 173 Å². The maximum Gasteiger partial charge on any atom is -0.0106 e. The van der Waals surface area contributed by atoms with E-state index in [4.69, 9.17) is 0 Å². The first-order valence-electron chi connectivity index (χ1n) is 10.3. The van der Waals surface area contributed by atoms with E-state index in [1.807, 2.05) is 0 Å². The lowest BCUT2D eigenvalue weighted by Gasteiger charge is -2.08. The van der Waals surface area contributed by atoms with Crippen LogP contribution in [0.4, 0.5) is 0 Å². The summed E-state index contributed by atoms with van der Waals surface area (Å²) in [6.45, 7) is 4.31. The Morgan fingerprint density at radius 1 is 0.724 bits per heavy atom. The second-order valence-electron chi connectivity index (χ2n) is 7.42. The molecule has 29 heavy (non-hydrogen) atoms. The Morgan fingerprint density at radius 3 is 2.10 bits per heavy atom. The van der Waals surface area contributed by atoms with Crippen molar-refractivity contribution >= 4 is 22.4 Å². The largest absolute Gasteiger partial charge is 0.0769 e. The molecule has 0 aromatic heterocycles. The molecule has 142 valence electrons. The number of benzene rings is 4. The standard InChI is InChI=1S/C29H26/c1-3-7-26(29-11-6-9-27-8-4-5-10-28(27)29)21-16-23-14-19-25(20-15-23)24-17-12-22(2)13-18-24/h4-21H,3H2,1-2H3/b21-16+,26-7-. The van der Waals surface area contributed by atoms with Crippen molar-refractivity contribution in [2.75, 3.05) is 0 Å². The highest BCUT2D eigenvalue weighted by molar-refractivity contribution is 5.97. The Morgan fingerprint density at radius 2 is 1.38 bits per heavy atom. The Hall–Kier alpha value is -3.38. The van der Waals surface area contributed by atoms with Crippen LogP contribution in [0.1, 0.15) is 30.0 Å². The summed E-state index contributed by atoms with van der Waals surface area (Å²) in [5, 5.41) is 2.58. The summed E-state index contributed by atoms with van der Waals surface area (Å²) in [7, 11) is 0. The molecule has 0 aliphatic rings. The van der Waals surface area contributed by atoms with Crippen molar-refractivity contribution in [3.05, 3.63) is 120 Å². The van der Waals surface area contributed by atoms with E-state index in [1.165, 1.54) is 44.2 Å².